The van der Waals surface area contributed by atoms with E-state index in [1.165, 1.54) is 0 Å². The average Bonchev–Trinajstić information content (AvgIpc) is 2.87. The maximum Gasteiger partial charge on any atom is 0.380 e. The fourth-order valence-electron chi connectivity index (χ4n) is 1.87. The van der Waals surface area contributed by atoms with Crippen molar-refractivity contribution in [2.45, 2.75) is 37.0 Å². The molecule has 126 valence electrons. The highest BCUT2D eigenvalue weighted by Gasteiger charge is 2.75. The van der Waals surface area contributed by atoms with E-state index in [9.17, 15) is 35.1 Å². The summed E-state index contributed by atoms with van der Waals surface area (Å²) in [4.78, 5) is 1.82. The van der Waals surface area contributed by atoms with Crippen molar-refractivity contribution in [3.05, 3.63) is 0 Å². The fraction of sp³-hybridized carbons (Fsp3) is 1.00. The summed E-state index contributed by atoms with van der Waals surface area (Å²) in [7, 11) is 0. The summed E-state index contributed by atoms with van der Waals surface area (Å²) in [5, 5.41) is 0. The lowest BCUT2D eigenvalue weighted by Crippen LogP contribution is -2.59. The van der Waals surface area contributed by atoms with Crippen molar-refractivity contribution in [2.24, 2.45) is 0 Å². The third-order valence-electron chi connectivity index (χ3n) is 3.19. The smallest absolute Gasteiger partial charge is 0.374 e. The summed E-state index contributed by atoms with van der Waals surface area (Å²) in [5.74, 6) is -17.7. The number of hydrogen-bond donors (Lipinski definition) is 0. The van der Waals surface area contributed by atoms with Crippen LogP contribution >= 0.6 is 0 Å². The zero-order valence-electron chi connectivity index (χ0n) is 10.9. The third kappa shape index (κ3) is 3.97. The molecule has 0 atom stereocenters. The summed E-state index contributed by atoms with van der Waals surface area (Å²) in [6, 6.07) is 0. The molecule has 2 nitrogen and oxygen atoms in total. The number of alkyl halides is 8. The Morgan fingerprint density at radius 3 is 1.95 bits per heavy atom. The van der Waals surface area contributed by atoms with Gasteiger partial charge >= 0.3 is 24.2 Å². The molecule has 1 rings (SSSR count). The molecule has 0 bridgehead atoms. The number of ether oxygens (including phenoxy) is 1. The van der Waals surface area contributed by atoms with Crippen LogP contribution in [0.15, 0.2) is 0 Å². The van der Waals surface area contributed by atoms with Gasteiger partial charge < -0.3 is 9.64 Å². The van der Waals surface area contributed by atoms with Gasteiger partial charge in [-0.15, -0.1) is 0 Å². The van der Waals surface area contributed by atoms with Crippen LogP contribution in [0.1, 0.15) is 12.8 Å². The molecule has 0 aromatic rings. The Morgan fingerprint density at radius 1 is 0.952 bits per heavy atom. The number of hydrogen-bond acceptors (Lipinski definition) is 2. The lowest BCUT2D eigenvalue weighted by Gasteiger charge is -2.32. The lowest BCUT2D eigenvalue weighted by atomic mass is 10.1. The van der Waals surface area contributed by atoms with Crippen molar-refractivity contribution in [3.63, 3.8) is 0 Å². The predicted molar refractivity (Wildman–Crippen MR) is 57.3 cm³/mol. The first-order valence-corrected chi connectivity index (χ1v) is 6.24. The first kappa shape index (κ1) is 18.4. The second kappa shape index (κ2) is 6.64. The van der Waals surface area contributed by atoms with Gasteiger partial charge in [-0.05, 0) is 25.9 Å². The molecule has 10 heteroatoms. The number of halogens is 8. The van der Waals surface area contributed by atoms with Crippen LogP contribution < -0.4 is 0 Å². The molecule has 0 aliphatic carbocycles. The maximum atomic E-state index is 13.1. The van der Waals surface area contributed by atoms with E-state index in [2.05, 4.69) is 4.74 Å². The molecule has 0 saturated carbocycles. The normalized spacial score (nSPS) is 18.7. The monoisotopic (exact) mass is 329 g/mol. The molecule has 1 saturated heterocycles. The fourth-order valence-corrected chi connectivity index (χ4v) is 1.87. The number of nitrogens with zero attached hydrogens (tertiary/aromatic N) is 1. The van der Waals surface area contributed by atoms with Crippen LogP contribution in [-0.4, -0.2) is 61.9 Å². The molecule has 1 heterocycles. The van der Waals surface area contributed by atoms with E-state index in [1.54, 1.807) is 0 Å². The minimum absolute atomic E-state index is 0.187. The van der Waals surface area contributed by atoms with Crippen molar-refractivity contribution in [2.75, 3.05) is 32.8 Å². The minimum Gasteiger partial charge on any atom is -0.374 e. The summed E-state index contributed by atoms with van der Waals surface area (Å²) in [5.41, 5.74) is 0. The molecule has 0 amide bonds. The van der Waals surface area contributed by atoms with Crippen LogP contribution in [0.4, 0.5) is 35.1 Å². The van der Waals surface area contributed by atoms with E-state index in [0.29, 0.717) is 13.1 Å². The Balaban J connectivity index is 2.50. The van der Waals surface area contributed by atoms with Crippen LogP contribution in [0.3, 0.4) is 0 Å². The van der Waals surface area contributed by atoms with Crippen LogP contribution in [0.5, 0.6) is 0 Å². The molecule has 1 fully saturated rings. The third-order valence-corrected chi connectivity index (χ3v) is 3.19. The van der Waals surface area contributed by atoms with Gasteiger partial charge in [0.05, 0.1) is 6.61 Å². The van der Waals surface area contributed by atoms with Gasteiger partial charge in [-0.25, -0.2) is 8.78 Å². The lowest BCUT2D eigenvalue weighted by molar-refractivity contribution is -0.346. The second-order valence-corrected chi connectivity index (χ2v) is 4.80. The molecule has 1 aliphatic heterocycles. The maximum absolute atomic E-state index is 13.1. The standard InChI is InChI=1S/C11H15F8NO/c12-8(13)10(16,17)11(18,19)9(14,15)7-21-6-5-20-3-1-2-4-20/h8H,1-7H2. The molecule has 0 aromatic heterocycles. The number of rotatable bonds is 8. The van der Waals surface area contributed by atoms with Crippen molar-refractivity contribution >= 4 is 0 Å². The molecular formula is C11H15F8NO. The highest BCUT2D eigenvalue weighted by Crippen LogP contribution is 2.48. The zero-order valence-corrected chi connectivity index (χ0v) is 10.9. The van der Waals surface area contributed by atoms with Crippen LogP contribution in [0.2, 0.25) is 0 Å². The van der Waals surface area contributed by atoms with E-state index >= 15 is 0 Å². The summed E-state index contributed by atoms with van der Waals surface area (Å²) in [6.45, 7) is -0.812. The van der Waals surface area contributed by atoms with Crippen molar-refractivity contribution < 1.29 is 39.9 Å². The highest BCUT2D eigenvalue weighted by molar-refractivity contribution is 4.97. The Hall–Kier alpha value is -0.640. The van der Waals surface area contributed by atoms with Gasteiger partial charge in [0.25, 0.3) is 0 Å². The molecule has 0 aromatic carbocycles. The molecule has 0 N–H and O–H groups in total. The Bertz CT molecular complexity index is 330. The van der Waals surface area contributed by atoms with Gasteiger partial charge in [-0.2, -0.15) is 26.3 Å². The van der Waals surface area contributed by atoms with Crippen molar-refractivity contribution in [1.29, 1.82) is 0 Å². The molecule has 21 heavy (non-hydrogen) atoms. The van der Waals surface area contributed by atoms with Crippen molar-refractivity contribution in [3.8, 4) is 0 Å². The highest BCUT2D eigenvalue weighted by atomic mass is 19.4. The first-order valence-electron chi connectivity index (χ1n) is 6.24. The zero-order chi connectivity index (χ0) is 16.3. The topological polar surface area (TPSA) is 12.5 Å². The van der Waals surface area contributed by atoms with Gasteiger partial charge in [0.2, 0.25) is 0 Å². The van der Waals surface area contributed by atoms with Gasteiger partial charge in [0.15, 0.2) is 0 Å². The molecule has 1 aliphatic rings. The van der Waals surface area contributed by atoms with E-state index in [1.807, 2.05) is 4.90 Å². The number of likely N-dealkylation sites (tertiary alicyclic amines) is 1. The molecular weight excluding hydrogens is 314 g/mol. The second-order valence-electron chi connectivity index (χ2n) is 4.80. The molecule has 0 spiro atoms. The van der Waals surface area contributed by atoms with Gasteiger partial charge in [0.1, 0.15) is 6.61 Å². The molecule has 0 unspecified atom stereocenters. The minimum atomic E-state index is -6.19. The summed E-state index contributed by atoms with van der Waals surface area (Å²) >= 11 is 0. The van der Waals surface area contributed by atoms with E-state index in [0.717, 1.165) is 12.8 Å². The van der Waals surface area contributed by atoms with E-state index < -0.39 is 30.8 Å². The van der Waals surface area contributed by atoms with Crippen LogP contribution in [0.25, 0.3) is 0 Å². The first-order chi connectivity index (χ1) is 9.52. The van der Waals surface area contributed by atoms with Gasteiger partial charge in [-0.3, -0.25) is 0 Å². The van der Waals surface area contributed by atoms with Gasteiger partial charge in [-0.1, -0.05) is 0 Å². The van der Waals surface area contributed by atoms with Crippen molar-refractivity contribution in [1.82, 2.24) is 4.90 Å². The SMILES string of the molecule is FC(F)C(F)(F)C(F)(F)C(F)(F)COCCN1CCCC1. The summed E-state index contributed by atoms with van der Waals surface area (Å²) < 4.78 is 105. The van der Waals surface area contributed by atoms with Crippen LogP contribution in [0, 0.1) is 0 Å². The average molecular weight is 329 g/mol. The Morgan fingerprint density at radius 2 is 1.48 bits per heavy atom. The van der Waals surface area contributed by atoms with Crippen LogP contribution in [-0.2, 0) is 4.74 Å². The Kier molecular flexibility index (Phi) is 5.82. The summed E-state index contributed by atoms with van der Waals surface area (Å²) in [6.07, 6.45) is -3.08. The van der Waals surface area contributed by atoms with Gasteiger partial charge in [0, 0.05) is 6.54 Å². The molecule has 0 radical (unpaired) electrons. The van der Waals surface area contributed by atoms with E-state index in [4.69, 9.17) is 0 Å². The predicted octanol–water partition coefficient (Wildman–Crippen LogP) is 3.27. The van der Waals surface area contributed by atoms with E-state index in [-0.39, 0.29) is 13.2 Å². The quantitative estimate of drug-likeness (QED) is 0.501. The largest absolute Gasteiger partial charge is 0.380 e. The Labute approximate surface area is 116 Å².